The highest BCUT2D eigenvalue weighted by molar-refractivity contribution is 6.32. The Balaban J connectivity index is 2.12. The zero-order valence-electron chi connectivity index (χ0n) is 12.6. The van der Waals surface area contributed by atoms with E-state index in [4.69, 9.17) is 17.3 Å². The van der Waals surface area contributed by atoms with Gasteiger partial charge in [-0.2, -0.15) is 13.2 Å². The fraction of sp³-hybridized carbons (Fsp3) is 0.375. The highest BCUT2D eigenvalue weighted by Crippen LogP contribution is 2.32. The predicted octanol–water partition coefficient (Wildman–Crippen LogP) is 3.10. The van der Waals surface area contributed by atoms with Crippen molar-refractivity contribution < 1.29 is 22.8 Å². The van der Waals surface area contributed by atoms with E-state index in [0.29, 0.717) is 19.4 Å². The van der Waals surface area contributed by atoms with Crippen LogP contribution in [-0.2, 0) is 15.8 Å². The smallest absolute Gasteiger partial charge is 0.369 e. The molecule has 24 heavy (non-hydrogen) atoms. The predicted molar refractivity (Wildman–Crippen MR) is 84.0 cm³/mol. The highest BCUT2D eigenvalue weighted by atomic mass is 35.5. The third-order valence-electron chi connectivity index (χ3n) is 3.86. The topological polar surface area (TPSA) is 63.4 Å². The van der Waals surface area contributed by atoms with Crippen molar-refractivity contribution in [3.05, 3.63) is 40.4 Å². The van der Waals surface area contributed by atoms with Crippen LogP contribution in [0.4, 0.5) is 13.2 Å². The van der Waals surface area contributed by atoms with Crippen molar-refractivity contribution in [3.8, 4) is 0 Å². The van der Waals surface area contributed by atoms with Gasteiger partial charge in [0.25, 0.3) is 0 Å². The first-order valence-electron chi connectivity index (χ1n) is 7.31. The second kappa shape index (κ2) is 7.25. The number of rotatable bonds is 3. The van der Waals surface area contributed by atoms with Crippen molar-refractivity contribution in [3.63, 3.8) is 0 Å². The van der Waals surface area contributed by atoms with Crippen LogP contribution in [0.3, 0.4) is 0 Å². The van der Waals surface area contributed by atoms with Crippen molar-refractivity contribution in [2.75, 3.05) is 13.1 Å². The van der Waals surface area contributed by atoms with Crippen LogP contribution in [0.25, 0.3) is 6.08 Å². The molecule has 1 heterocycles. The molecule has 1 saturated heterocycles. The molecular weight excluding hydrogens is 345 g/mol. The van der Waals surface area contributed by atoms with Gasteiger partial charge in [0.05, 0.1) is 11.5 Å². The number of nitrogens with two attached hydrogens (primary N) is 1. The first-order chi connectivity index (χ1) is 11.2. The molecule has 2 rings (SSSR count). The summed E-state index contributed by atoms with van der Waals surface area (Å²) in [6.45, 7) is 0.693. The average Bonchev–Trinajstić information content (AvgIpc) is 2.52. The van der Waals surface area contributed by atoms with E-state index < -0.39 is 29.5 Å². The Hall–Kier alpha value is -2.02. The van der Waals surface area contributed by atoms with Gasteiger partial charge in [-0.1, -0.05) is 11.6 Å². The molecule has 1 aromatic carbocycles. The minimum Gasteiger partial charge on any atom is -0.369 e. The van der Waals surface area contributed by atoms with E-state index in [-0.39, 0.29) is 17.1 Å². The number of benzene rings is 1. The maximum Gasteiger partial charge on any atom is 0.416 e. The van der Waals surface area contributed by atoms with Crippen molar-refractivity contribution >= 4 is 29.5 Å². The lowest BCUT2D eigenvalue weighted by Crippen LogP contribution is -2.43. The van der Waals surface area contributed by atoms with Crippen LogP contribution in [0.5, 0.6) is 0 Å². The number of carbonyl (C=O) groups is 2. The molecule has 1 unspecified atom stereocenters. The Kier molecular flexibility index (Phi) is 5.54. The molecule has 4 nitrogen and oxygen atoms in total. The van der Waals surface area contributed by atoms with E-state index in [0.717, 1.165) is 24.3 Å². The van der Waals surface area contributed by atoms with Crippen LogP contribution >= 0.6 is 11.6 Å². The Morgan fingerprint density at radius 2 is 2.04 bits per heavy atom. The largest absolute Gasteiger partial charge is 0.416 e. The number of halogens is 4. The number of hydrogen-bond acceptors (Lipinski definition) is 2. The molecule has 8 heteroatoms. The summed E-state index contributed by atoms with van der Waals surface area (Å²) in [7, 11) is 0. The summed E-state index contributed by atoms with van der Waals surface area (Å²) in [6, 6.07) is 2.90. The van der Waals surface area contributed by atoms with Crippen molar-refractivity contribution in [1.82, 2.24) is 4.90 Å². The summed E-state index contributed by atoms with van der Waals surface area (Å²) in [5.74, 6) is -1.25. The van der Waals surface area contributed by atoms with Crippen LogP contribution in [0.1, 0.15) is 24.0 Å². The summed E-state index contributed by atoms with van der Waals surface area (Å²) < 4.78 is 38.2. The standard InChI is InChI=1S/C16H16ClF3N2O2/c17-13-5-4-12(16(18,19)20)8-10(13)3-6-14(23)22-7-1-2-11(9-22)15(21)24/h3-6,8,11H,1-2,7,9H2,(H2,21,24). The maximum atomic E-state index is 12.7. The number of nitrogens with zero attached hydrogens (tertiary/aromatic N) is 1. The molecule has 1 aliphatic heterocycles. The van der Waals surface area contributed by atoms with Crippen molar-refractivity contribution in [2.24, 2.45) is 11.7 Å². The van der Waals surface area contributed by atoms with Gasteiger partial charge in [-0.25, -0.2) is 0 Å². The Labute approximate surface area is 142 Å². The number of hydrogen-bond donors (Lipinski definition) is 1. The minimum absolute atomic E-state index is 0.100. The highest BCUT2D eigenvalue weighted by Gasteiger charge is 2.30. The second-order valence-corrected chi connectivity index (χ2v) is 6.00. The lowest BCUT2D eigenvalue weighted by Gasteiger charge is -2.30. The van der Waals surface area contributed by atoms with E-state index in [1.807, 2.05) is 0 Å². The lowest BCUT2D eigenvalue weighted by atomic mass is 9.97. The van der Waals surface area contributed by atoms with E-state index >= 15 is 0 Å². The van der Waals surface area contributed by atoms with E-state index in [2.05, 4.69) is 0 Å². The van der Waals surface area contributed by atoms with Crippen LogP contribution in [-0.4, -0.2) is 29.8 Å². The zero-order chi connectivity index (χ0) is 17.9. The molecule has 1 fully saturated rings. The summed E-state index contributed by atoms with van der Waals surface area (Å²) in [4.78, 5) is 24.8. The molecule has 0 radical (unpaired) electrons. The molecule has 0 bridgehead atoms. The summed E-state index contributed by atoms with van der Waals surface area (Å²) >= 11 is 5.88. The van der Waals surface area contributed by atoms with Gasteiger partial charge in [-0.05, 0) is 42.7 Å². The lowest BCUT2D eigenvalue weighted by molar-refractivity contribution is -0.137. The molecule has 130 valence electrons. The first kappa shape index (κ1) is 18.3. The maximum absolute atomic E-state index is 12.7. The molecule has 1 aliphatic rings. The van der Waals surface area contributed by atoms with Crippen molar-refractivity contribution in [2.45, 2.75) is 19.0 Å². The number of alkyl halides is 3. The van der Waals surface area contributed by atoms with Gasteiger partial charge in [0.1, 0.15) is 0 Å². The summed E-state index contributed by atoms with van der Waals surface area (Å²) in [6.07, 6.45) is -0.808. The average molecular weight is 361 g/mol. The SMILES string of the molecule is NC(=O)C1CCCN(C(=O)C=Cc2cc(C(F)(F)F)ccc2Cl)C1. The van der Waals surface area contributed by atoms with E-state index in [1.54, 1.807) is 0 Å². The van der Waals surface area contributed by atoms with Gasteiger partial charge in [0, 0.05) is 24.2 Å². The van der Waals surface area contributed by atoms with Gasteiger partial charge >= 0.3 is 6.18 Å². The quantitative estimate of drug-likeness (QED) is 0.842. The summed E-state index contributed by atoms with van der Waals surface area (Å²) in [5, 5.41) is 0.112. The number of carbonyl (C=O) groups excluding carboxylic acids is 2. The Morgan fingerprint density at radius 3 is 2.67 bits per heavy atom. The molecule has 2 N–H and O–H groups in total. The van der Waals surface area contributed by atoms with E-state index in [9.17, 15) is 22.8 Å². The third kappa shape index (κ3) is 4.50. The number of primary amides is 1. The van der Waals surface area contributed by atoms with Gasteiger partial charge in [-0.15, -0.1) is 0 Å². The minimum atomic E-state index is -4.49. The molecule has 1 aromatic rings. The van der Waals surface area contributed by atoms with Crippen LogP contribution < -0.4 is 5.73 Å². The monoisotopic (exact) mass is 360 g/mol. The van der Waals surface area contributed by atoms with Gasteiger partial charge in [0.15, 0.2) is 0 Å². The normalized spacial score (nSPS) is 18.8. The summed E-state index contributed by atoms with van der Waals surface area (Å²) in [5.41, 5.74) is 4.51. The third-order valence-corrected chi connectivity index (χ3v) is 4.21. The number of likely N-dealkylation sites (tertiary alicyclic amines) is 1. The number of piperidine rings is 1. The first-order valence-corrected chi connectivity index (χ1v) is 7.69. The van der Waals surface area contributed by atoms with Crippen LogP contribution in [0, 0.1) is 5.92 Å². The second-order valence-electron chi connectivity index (χ2n) is 5.59. The van der Waals surface area contributed by atoms with Gasteiger partial charge in [-0.3, -0.25) is 9.59 Å². The molecule has 0 aliphatic carbocycles. The fourth-order valence-corrected chi connectivity index (χ4v) is 2.70. The van der Waals surface area contributed by atoms with Crippen LogP contribution in [0.15, 0.2) is 24.3 Å². The molecule has 1 atom stereocenters. The van der Waals surface area contributed by atoms with Gasteiger partial charge in [0.2, 0.25) is 11.8 Å². The molecule has 0 aromatic heterocycles. The Morgan fingerprint density at radius 1 is 1.33 bits per heavy atom. The van der Waals surface area contributed by atoms with E-state index in [1.165, 1.54) is 11.0 Å². The number of amides is 2. The van der Waals surface area contributed by atoms with Gasteiger partial charge < -0.3 is 10.6 Å². The molecule has 2 amide bonds. The molecule has 0 spiro atoms. The zero-order valence-corrected chi connectivity index (χ0v) is 13.4. The molecule has 0 saturated carbocycles. The van der Waals surface area contributed by atoms with Crippen molar-refractivity contribution in [1.29, 1.82) is 0 Å². The fourth-order valence-electron chi connectivity index (χ4n) is 2.52. The van der Waals surface area contributed by atoms with Crippen LogP contribution in [0.2, 0.25) is 5.02 Å². The Bertz CT molecular complexity index is 674. The molecular formula is C16H16ClF3N2O2.